The Balaban J connectivity index is 2.77. The topological polar surface area (TPSA) is 37.3 Å². The molecule has 0 fully saturated rings. The summed E-state index contributed by atoms with van der Waals surface area (Å²) in [4.78, 5) is 10.8. The van der Waals surface area contributed by atoms with Gasteiger partial charge in [0.25, 0.3) is 0 Å². The van der Waals surface area contributed by atoms with Crippen molar-refractivity contribution in [2.24, 2.45) is 0 Å². The highest BCUT2D eigenvalue weighted by Crippen LogP contribution is 2.48. The Kier molecular flexibility index (Phi) is 4.91. The van der Waals surface area contributed by atoms with Crippen molar-refractivity contribution >= 4 is 64.0 Å². The molecule has 2 aromatic rings. The van der Waals surface area contributed by atoms with Crippen LogP contribution in [0.5, 0.6) is 0 Å². The summed E-state index contributed by atoms with van der Waals surface area (Å²) in [6, 6.07) is 3.29. The lowest BCUT2D eigenvalue weighted by Crippen LogP contribution is -1.98. The standard InChI is InChI=1S/C13H4Cl5FO2/c14-8-7(9(15)11(17)12(18)10(8)16)5-2-1-4(13(20)21)3-6(5)19/h1-3H,(H,20,21). The van der Waals surface area contributed by atoms with Gasteiger partial charge in [-0.1, -0.05) is 64.1 Å². The van der Waals surface area contributed by atoms with Crippen LogP contribution in [0.25, 0.3) is 11.1 Å². The van der Waals surface area contributed by atoms with Gasteiger partial charge in [0, 0.05) is 11.1 Å². The first-order valence-corrected chi connectivity index (χ1v) is 7.19. The van der Waals surface area contributed by atoms with Gasteiger partial charge in [0.05, 0.1) is 30.7 Å². The van der Waals surface area contributed by atoms with Crippen LogP contribution >= 0.6 is 58.0 Å². The molecule has 0 saturated carbocycles. The molecule has 2 aromatic carbocycles. The summed E-state index contributed by atoms with van der Waals surface area (Å²) in [7, 11) is 0. The molecular formula is C13H4Cl5FO2. The molecule has 0 bridgehead atoms. The number of aromatic carboxylic acids is 1. The quantitative estimate of drug-likeness (QED) is 0.474. The Hall–Kier alpha value is -0.710. The number of carbonyl (C=O) groups is 1. The van der Waals surface area contributed by atoms with Crippen molar-refractivity contribution in [2.45, 2.75) is 0 Å². The second-order valence-electron chi connectivity index (χ2n) is 3.94. The predicted octanol–water partition coefficient (Wildman–Crippen LogP) is 6.46. The van der Waals surface area contributed by atoms with E-state index in [1.165, 1.54) is 12.1 Å². The van der Waals surface area contributed by atoms with Gasteiger partial charge in [-0.3, -0.25) is 0 Å². The SMILES string of the molecule is O=C(O)c1ccc(-c2c(Cl)c(Cl)c(Cl)c(Cl)c2Cl)c(F)c1. The van der Waals surface area contributed by atoms with Crippen molar-refractivity contribution in [3.8, 4) is 11.1 Å². The molecule has 2 rings (SSSR count). The molecule has 0 aliphatic rings. The normalized spacial score (nSPS) is 10.8. The minimum absolute atomic E-state index is 0.0320. The fourth-order valence-corrected chi connectivity index (χ4v) is 3.03. The van der Waals surface area contributed by atoms with Crippen molar-refractivity contribution < 1.29 is 14.3 Å². The van der Waals surface area contributed by atoms with Crippen LogP contribution in [0.1, 0.15) is 10.4 Å². The molecule has 0 saturated heterocycles. The van der Waals surface area contributed by atoms with E-state index in [0.717, 1.165) is 6.07 Å². The summed E-state index contributed by atoms with van der Waals surface area (Å²) in [5.41, 5.74) is -0.197. The first-order valence-electron chi connectivity index (χ1n) is 5.30. The van der Waals surface area contributed by atoms with Crippen molar-refractivity contribution in [2.75, 3.05) is 0 Å². The van der Waals surface area contributed by atoms with Crippen molar-refractivity contribution in [1.82, 2.24) is 0 Å². The van der Waals surface area contributed by atoms with Gasteiger partial charge in [0.15, 0.2) is 0 Å². The average molecular weight is 388 g/mol. The minimum Gasteiger partial charge on any atom is -0.478 e. The number of halogens is 6. The number of hydrogen-bond acceptors (Lipinski definition) is 1. The maximum absolute atomic E-state index is 14.1. The van der Waals surface area contributed by atoms with Crippen LogP contribution < -0.4 is 0 Å². The number of carboxylic acid groups (broad SMARTS) is 1. The fourth-order valence-electron chi connectivity index (χ4n) is 1.69. The molecule has 2 nitrogen and oxygen atoms in total. The first-order chi connectivity index (χ1) is 9.75. The van der Waals surface area contributed by atoms with E-state index in [4.69, 9.17) is 63.1 Å². The highest BCUT2D eigenvalue weighted by molar-refractivity contribution is 6.56. The Morgan fingerprint density at radius 2 is 1.38 bits per heavy atom. The zero-order valence-electron chi connectivity index (χ0n) is 9.86. The summed E-state index contributed by atoms with van der Waals surface area (Å²) in [6.45, 7) is 0. The molecular weight excluding hydrogens is 384 g/mol. The molecule has 0 spiro atoms. The predicted molar refractivity (Wildman–Crippen MR) is 83.8 cm³/mol. The average Bonchev–Trinajstić information content (AvgIpc) is 2.44. The van der Waals surface area contributed by atoms with Crippen LogP contribution in [0.15, 0.2) is 18.2 Å². The van der Waals surface area contributed by atoms with Gasteiger partial charge in [0.1, 0.15) is 5.82 Å². The maximum Gasteiger partial charge on any atom is 0.335 e. The van der Waals surface area contributed by atoms with E-state index in [9.17, 15) is 9.18 Å². The highest BCUT2D eigenvalue weighted by atomic mass is 35.5. The van der Waals surface area contributed by atoms with Gasteiger partial charge in [-0.2, -0.15) is 0 Å². The van der Waals surface area contributed by atoms with Gasteiger partial charge in [-0.05, 0) is 12.1 Å². The molecule has 110 valence electrons. The summed E-state index contributed by atoms with van der Waals surface area (Å²) >= 11 is 29.8. The summed E-state index contributed by atoms with van der Waals surface area (Å²) in [6.07, 6.45) is 0. The molecule has 0 aliphatic carbocycles. The molecule has 1 N–H and O–H groups in total. The lowest BCUT2D eigenvalue weighted by atomic mass is 10.0. The maximum atomic E-state index is 14.1. The van der Waals surface area contributed by atoms with Gasteiger partial charge >= 0.3 is 5.97 Å². The zero-order valence-corrected chi connectivity index (χ0v) is 13.6. The summed E-state index contributed by atoms with van der Waals surface area (Å²) < 4.78 is 14.1. The van der Waals surface area contributed by atoms with E-state index in [2.05, 4.69) is 0 Å². The van der Waals surface area contributed by atoms with E-state index in [-0.39, 0.29) is 41.8 Å². The third-order valence-corrected chi connectivity index (χ3v) is 4.97. The second kappa shape index (κ2) is 6.19. The number of benzene rings is 2. The van der Waals surface area contributed by atoms with Gasteiger partial charge in [0.2, 0.25) is 0 Å². The lowest BCUT2D eigenvalue weighted by molar-refractivity contribution is 0.0696. The van der Waals surface area contributed by atoms with Crippen LogP contribution in [0.2, 0.25) is 25.1 Å². The van der Waals surface area contributed by atoms with Crippen LogP contribution in [0.3, 0.4) is 0 Å². The molecule has 21 heavy (non-hydrogen) atoms. The minimum atomic E-state index is -1.26. The van der Waals surface area contributed by atoms with Crippen LogP contribution in [0.4, 0.5) is 4.39 Å². The van der Waals surface area contributed by atoms with Crippen molar-refractivity contribution in [3.05, 3.63) is 54.7 Å². The Labute approximate surface area is 143 Å². The molecule has 0 aromatic heterocycles. The second-order valence-corrected chi connectivity index (χ2v) is 5.83. The van der Waals surface area contributed by atoms with E-state index in [1.807, 2.05) is 0 Å². The zero-order chi connectivity index (χ0) is 15.9. The largest absolute Gasteiger partial charge is 0.478 e. The monoisotopic (exact) mass is 386 g/mol. The molecule has 0 aliphatic heterocycles. The molecule has 0 unspecified atom stereocenters. The van der Waals surface area contributed by atoms with E-state index in [1.54, 1.807) is 0 Å². The van der Waals surface area contributed by atoms with Crippen molar-refractivity contribution in [1.29, 1.82) is 0 Å². The Bertz CT molecular complexity index is 732. The van der Waals surface area contributed by atoms with Gasteiger partial charge in [-0.25, -0.2) is 9.18 Å². The van der Waals surface area contributed by atoms with Crippen LogP contribution in [-0.4, -0.2) is 11.1 Å². The molecule has 0 heterocycles. The molecule has 0 atom stereocenters. The number of carboxylic acids is 1. The summed E-state index contributed by atoms with van der Waals surface area (Å²) in [5, 5.41) is 8.51. The smallest absolute Gasteiger partial charge is 0.335 e. The molecule has 0 amide bonds. The molecule has 0 radical (unpaired) electrons. The number of hydrogen-bond donors (Lipinski definition) is 1. The van der Waals surface area contributed by atoms with E-state index in [0.29, 0.717) is 0 Å². The summed E-state index contributed by atoms with van der Waals surface area (Å²) in [5.74, 6) is -2.09. The Morgan fingerprint density at radius 1 is 0.905 bits per heavy atom. The highest BCUT2D eigenvalue weighted by Gasteiger charge is 2.22. The lowest BCUT2D eigenvalue weighted by Gasteiger charge is -2.13. The number of rotatable bonds is 2. The third-order valence-electron chi connectivity index (χ3n) is 2.70. The van der Waals surface area contributed by atoms with Gasteiger partial charge in [-0.15, -0.1) is 0 Å². The first kappa shape index (κ1) is 16.7. The van der Waals surface area contributed by atoms with Crippen LogP contribution in [0, 0.1) is 5.82 Å². The van der Waals surface area contributed by atoms with Gasteiger partial charge < -0.3 is 5.11 Å². The van der Waals surface area contributed by atoms with Crippen molar-refractivity contribution in [3.63, 3.8) is 0 Å². The van der Waals surface area contributed by atoms with Crippen LogP contribution in [-0.2, 0) is 0 Å². The Morgan fingerprint density at radius 3 is 1.81 bits per heavy atom. The fraction of sp³-hybridized carbons (Fsp3) is 0. The molecule has 8 heteroatoms. The van der Waals surface area contributed by atoms with E-state index >= 15 is 0 Å². The third kappa shape index (κ3) is 2.94. The van der Waals surface area contributed by atoms with E-state index < -0.39 is 11.8 Å².